The van der Waals surface area contributed by atoms with Crippen LogP contribution in [0.5, 0.6) is 0 Å². The number of fused-ring (bicyclic) bond motifs is 1. The molecule has 2 heteroatoms. The van der Waals surface area contributed by atoms with E-state index in [0.717, 1.165) is 12.0 Å². The Morgan fingerprint density at radius 3 is 2.70 bits per heavy atom. The molecule has 0 bridgehead atoms. The van der Waals surface area contributed by atoms with Crippen molar-refractivity contribution in [3.8, 4) is 0 Å². The van der Waals surface area contributed by atoms with Crippen molar-refractivity contribution in [2.45, 2.75) is 64.8 Å². The van der Waals surface area contributed by atoms with Crippen LogP contribution < -0.4 is 0 Å². The molecule has 0 radical (unpaired) electrons. The van der Waals surface area contributed by atoms with Crippen LogP contribution >= 0.6 is 0 Å². The van der Waals surface area contributed by atoms with E-state index >= 15 is 0 Å². The minimum absolute atomic E-state index is 0.828. The summed E-state index contributed by atoms with van der Waals surface area (Å²) < 4.78 is 0. The molecule has 3 rings (SSSR count). The number of aromatic nitrogens is 1. The Balaban J connectivity index is 1.60. The number of hydrogen-bond acceptors (Lipinski definition) is 1. The lowest BCUT2D eigenvalue weighted by Gasteiger charge is -2.29. The van der Waals surface area contributed by atoms with Gasteiger partial charge < -0.3 is 9.88 Å². The Morgan fingerprint density at radius 2 is 1.91 bits per heavy atom. The van der Waals surface area contributed by atoms with Gasteiger partial charge in [0.2, 0.25) is 0 Å². The van der Waals surface area contributed by atoms with Crippen LogP contribution in [0.25, 0.3) is 10.9 Å². The summed E-state index contributed by atoms with van der Waals surface area (Å²) in [5, 5.41) is 1.40. The first-order chi connectivity index (χ1) is 11.2. The number of nitrogens with zero attached hydrogens (tertiary/aromatic N) is 1. The Bertz CT molecular complexity index is 593. The molecule has 1 aliphatic rings. The van der Waals surface area contributed by atoms with Gasteiger partial charge in [0.1, 0.15) is 0 Å². The molecule has 2 aromatic rings. The van der Waals surface area contributed by atoms with Crippen LogP contribution in [0.1, 0.15) is 57.9 Å². The first kappa shape index (κ1) is 16.6. The van der Waals surface area contributed by atoms with E-state index in [1.165, 1.54) is 74.5 Å². The summed E-state index contributed by atoms with van der Waals surface area (Å²) in [6, 6.07) is 9.53. The van der Waals surface area contributed by atoms with Crippen LogP contribution in [-0.4, -0.2) is 29.0 Å². The summed E-state index contributed by atoms with van der Waals surface area (Å²) in [4.78, 5) is 6.21. The van der Waals surface area contributed by atoms with E-state index in [-0.39, 0.29) is 0 Å². The molecule has 2 nitrogen and oxygen atoms in total. The quantitative estimate of drug-likeness (QED) is 0.692. The van der Waals surface area contributed by atoms with Crippen molar-refractivity contribution < 1.29 is 0 Å². The van der Waals surface area contributed by atoms with Crippen LogP contribution in [-0.2, 0) is 6.42 Å². The Morgan fingerprint density at radius 1 is 1.13 bits per heavy atom. The third kappa shape index (κ3) is 4.38. The lowest BCUT2D eigenvalue weighted by atomic mass is 10.1. The highest BCUT2D eigenvalue weighted by molar-refractivity contribution is 5.83. The highest BCUT2D eigenvalue weighted by atomic mass is 15.2. The topological polar surface area (TPSA) is 19.0 Å². The molecule has 1 saturated carbocycles. The number of nitrogens with one attached hydrogen (secondary N) is 1. The smallest absolute Gasteiger partial charge is 0.0456 e. The minimum atomic E-state index is 0.828. The minimum Gasteiger partial charge on any atom is -0.361 e. The average Bonchev–Trinajstić information content (AvgIpc) is 3.20. The van der Waals surface area contributed by atoms with Crippen molar-refractivity contribution in [3.63, 3.8) is 0 Å². The third-order valence-electron chi connectivity index (χ3n) is 5.41. The highest BCUT2D eigenvalue weighted by Gasteiger charge is 2.22. The Kier molecular flexibility index (Phi) is 5.77. The maximum Gasteiger partial charge on any atom is 0.0456 e. The van der Waals surface area contributed by atoms with Gasteiger partial charge in [0.15, 0.2) is 0 Å². The second-order valence-electron chi connectivity index (χ2n) is 7.62. The van der Waals surface area contributed by atoms with Crippen LogP contribution in [0.15, 0.2) is 30.5 Å². The van der Waals surface area contributed by atoms with Crippen LogP contribution in [0.4, 0.5) is 0 Å². The van der Waals surface area contributed by atoms with E-state index in [9.17, 15) is 0 Å². The fourth-order valence-corrected chi connectivity index (χ4v) is 4.05. The normalized spacial score (nSPS) is 16.2. The van der Waals surface area contributed by atoms with Crippen LogP contribution in [0, 0.1) is 5.92 Å². The van der Waals surface area contributed by atoms with Gasteiger partial charge in [-0.1, -0.05) is 44.9 Å². The predicted octanol–water partition coefficient (Wildman–Crippen LogP) is 5.39. The highest BCUT2D eigenvalue weighted by Crippen LogP contribution is 2.25. The van der Waals surface area contributed by atoms with E-state index in [0.29, 0.717) is 0 Å². The van der Waals surface area contributed by atoms with Crippen LogP contribution in [0.2, 0.25) is 0 Å². The number of hydrogen-bond donors (Lipinski definition) is 1. The molecular weight excluding hydrogens is 280 g/mol. The lowest BCUT2D eigenvalue weighted by molar-refractivity contribution is 0.194. The van der Waals surface area contributed by atoms with Crippen molar-refractivity contribution >= 4 is 10.9 Å². The van der Waals surface area contributed by atoms with Gasteiger partial charge in [0, 0.05) is 29.7 Å². The second-order valence-corrected chi connectivity index (χ2v) is 7.62. The number of H-pyrrole nitrogens is 1. The van der Waals surface area contributed by atoms with E-state index in [1.54, 1.807) is 0 Å². The van der Waals surface area contributed by atoms with Gasteiger partial charge in [-0.2, -0.15) is 0 Å². The van der Waals surface area contributed by atoms with E-state index in [2.05, 4.69) is 54.2 Å². The summed E-state index contributed by atoms with van der Waals surface area (Å²) in [6.45, 7) is 7.17. The van der Waals surface area contributed by atoms with E-state index in [1.807, 2.05) is 0 Å². The van der Waals surface area contributed by atoms with Gasteiger partial charge in [-0.05, 0) is 56.2 Å². The molecule has 23 heavy (non-hydrogen) atoms. The van der Waals surface area contributed by atoms with Gasteiger partial charge in [-0.15, -0.1) is 0 Å². The molecule has 1 heterocycles. The largest absolute Gasteiger partial charge is 0.361 e. The average molecular weight is 313 g/mol. The number of benzene rings is 1. The Labute approximate surface area is 141 Å². The van der Waals surface area contributed by atoms with Gasteiger partial charge in [-0.25, -0.2) is 0 Å². The molecule has 126 valence electrons. The maximum absolute atomic E-state index is 3.42. The summed E-state index contributed by atoms with van der Waals surface area (Å²) in [5.74, 6) is 0.828. The summed E-state index contributed by atoms with van der Waals surface area (Å²) in [5.41, 5.74) is 2.75. The fourth-order valence-electron chi connectivity index (χ4n) is 4.05. The predicted molar refractivity (Wildman–Crippen MR) is 99.9 cm³/mol. The monoisotopic (exact) mass is 312 g/mol. The zero-order chi connectivity index (χ0) is 16.1. The number of para-hydroxylation sites is 1. The Hall–Kier alpha value is -1.28. The van der Waals surface area contributed by atoms with Crippen molar-refractivity contribution in [2.75, 3.05) is 13.1 Å². The SMILES string of the molecule is CC(C)CCCN(CCc1c[nH]c2ccccc12)C1CCCC1. The standard InChI is InChI=1S/C21H32N2/c1-17(2)8-7-14-23(19-9-3-4-10-19)15-13-18-16-22-21-12-6-5-11-20(18)21/h5-6,11-12,16-17,19,22H,3-4,7-10,13-15H2,1-2H3. The summed E-state index contributed by atoms with van der Waals surface area (Å²) >= 11 is 0. The van der Waals surface area contributed by atoms with Crippen molar-refractivity contribution in [2.24, 2.45) is 5.92 Å². The second kappa shape index (κ2) is 8.01. The third-order valence-corrected chi connectivity index (χ3v) is 5.41. The molecule has 0 aliphatic heterocycles. The molecule has 1 aromatic carbocycles. The first-order valence-corrected chi connectivity index (χ1v) is 9.53. The molecule has 0 amide bonds. The summed E-state index contributed by atoms with van der Waals surface area (Å²) in [6.07, 6.45) is 11.8. The molecule has 0 atom stereocenters. The van der Waals surface area contributed by atoms with Crippen molar-refractivity contribution in [3.05, 3.63) is 36.0 Å². The lowest BCUT2D eigenvalue weighted by Crippen LogP contribution is -2.36. The molecule has 1 N–H and O–H groups in total. The molecule has 1 aromatic heterocycles. The molecule has 1 aliphatic carbocycles. The van der Waals surface area contributed by atoms with Gasteiger partial charge >= 0.3 is 0 Å². The van der Waals surface area contributed by atoms with E-state index in [4.69, 9.17) is 0 Å². The van der Waals surface area contributed by atoms with Crippen molar-refractivity contribution in [1.29, 1.82) is 0 Å². The number of rotatable bonds is 8. The zero-order valence-electron chi connectivity index (χ0n) is 14.9. The first-order valence-electron chi connectivity index (χ1n) is 9.53. The van der Waals surface area contributed by atoms with Gasteiger partial charge in [0.05, 0.1) is 0 Å². The van der Waals surface area contributed by atoms with E-state index < -0.39 is 0 Å². The molecule has 1 fully saturated rings. The van der Waals surface area contributed by atoms with Crippen molar-refractivity contribution in [1.82, 2.24) is 9.88 Å². The van der Waals surface area contributed by atoms with Gasteiger partial charge in [-0.3, -0.25) is 0 Å². The maximum atomic E-state index is 3.42. The number of aromatic amines is 1. The zero-order valence-corrected chi connectivity index (χ0v) is 14.9. The molecule has 0 saturated heterocycles. The molecule has 0 unspecified atom stereocenters. The summed E-state index contributed by atoms with van der Waals surface area (Å²) in [7, 11) is 0. The molecule has 0 spiro atoms. The molecular formula is C21H32N2. The fraction of sp³-hybridized carbons (Fsp3) is 0.619. The van der Waals surface area contributed by atoms with Crippen LogP contribution in [0.3, 0.4) is 0 Å². The van der Waals surface area contributed by atoms with Gasteiger partial charge in [0.25, 0.3) is 0 Å².